The molecule has 2 N–H and O–H groups in total. The van der Waals surface area contributed by atoms with Crippen molar-refractivity contribution in [1.82, 2.24) is 4.98 Å². The zero-order valence-corrected chi connectivity index (χ0v) is 8.86. The van der Waals surface area contributed by atoms with Crippen LogP contribution in [0.1, 0.15) is 18.4 Å². The van der Waals surface area contributed by atoms with Crippen molar-refractivity contribution in [3.8, 4) is 0 Å². The van der Waals surface area contributed by atoms with E-state index < -0.39 is 0 Å². The van der Waals surface area contributed by atoms with E-state index in [1.54, 1.807) is 0 Å². The van der Waals surface area contributed by atoms with Crippen LogP contribution in [0.15, 0.2) is 22.9 Å². The molecule has 1 aliphatic rings. The Kier molecular flexibility index (Phi) is 2.76. The second-order valence-electron chi connectivity index (χ2n) is 3.03. The number of nitrogens with two attached hydrogens (primary N) is 1. The first-order chi connectivity index (χ1) is 5.21. The summed E-state index contributed by atoms with van der Waals surface area (Å²) in [5, 5.41) is 0. The van der Waals surface area contributed by atoms with E-state index in [0.29, 0.717) is 0 Å². The average Bonchev–Trinajstić information content (AvgIpc) is 2.70. The molecule has 1 heterocycles. The first-order valence-electron chi connectivity index (χ1n) is 3.62. The minimum atomic E-state index is -0.0479. The molecule has 1 aromatic rings. The van der Waals surface area contributed by atoms with E-state index in [9.17, 15) is 0 Å². The summed E-state index contributed by atoms with van der Waals surface area (Å²) in [6, 6.07) is 3.96. The molecule has 12 heavy (non-hydrogen) atoms. The molecule has 0 amide bonds. The maximum Gasteiger partial charge on any atom is 0.106 e. The first-order valence-corrected chi connectivity index (χ1v) is 4.41. The Labute approximate surface area is 86.1 Å². The monoisotopic (exact) mass is 248 g/mol. The average molecular weight is 250 g/mol. The van der Waals surface area contributed by atoms with Crippen molar-refractivity contribution >= 4 is 28.3 Å². The zero-order chi connectivity index (χ0) is 7.90. The number of halogens is 2. The molecular formula is C8H10BrClN2. The standard InChI is InChI=1S/C8H9BrN2.ClH/c9-7-2-1-6(5-11-7)8(10)3-4-8;/h1-2,5H,3-4,10H2;1H. The van der Waals surface area contributed by atoms with Crippen molar-refractivity contribution in [1.29, 1.82) is 0 Å². The van der Waals surface area contributed by atoms with Crippen molar-refractivity contribution < 1.29 is 0 Å². The van der Waals surface area contributed by atoms with Crippen LogP contribution in [0.2, 0.25) is 0 Å². The lowest BCUT2D eigenvalue weighted by Crippen LogP contribution is -2.18. The van der Waals surface area contributed by atoms with Gasteiger partial charge in [0.05, 0.1) is 0 Å². The molecule has 2 nitrogen and oxygen atoms in total. The molecule has 0 bridgehead atoms. The Morgan fingerprint density at radius 1 is 1.42 bits per heavy atom. The van der Waals surface area contributed by atoms with Gasteiger partial charge in [0.25, 0.3) is 0 Å². The number of nitrogens with zero attached hydrogens (tertiary/aromatic N) is 1. The summed E-state index contributed by atoms with van der Waals surface area (Å²) in [6.45, 7) is 0. The lowest BCUT2D eigenvalue weighted by atomic mass is 10.1. The maximum absolute atomic E-state index is 5.96. The topological polar surface area (TPSA) is 38.9 Å². The molecule has 0 aromatic carbocycles. The highest BCUT2D eigenvalue weighted by atomic mass is 79.9. The molecule has 0 atom stereocenters. The molecule has 4 heteroatoms. The highest BCUT2D eigenvalue weighted by Crippen LogP contribution is 2.42. The molecule has 0 spiro atoms. The number of hydrogen-bond acceptors (Lipinski definition) is 2. The predicted molar refractivity (Wildman–Crippen MR) is 54.3 cm³/mol. The SMILES string of the molecule is Cl.NC1(c2ccc(Br)nc2)CC1. The van der Waals surface area contributed by atoms with Crippen molar-refractivity contribution in [2.24, 2.45) is 5.73 Å². The molecule has 1 aromatic heterocycles. The second kappa shape index (κ2) is 3.32. The van der Waals surface area contributed by atoms with Gasteiger partial charge in [0.15, 0.2) is 0 Å². The summed E-state index contributed by atoms with van der Waals surface area (Å²) >= 11 is 3.28. The molecular weight excluding hydrogens is 239 g/mol. The van der Waals surface area contributed by atoms with Crippen LogP contribution in [-0.4, -0.2) is 4.98 Å². The fourth-order valence-corrected chi connectivity index (χ4v) is 1.33. The largest absolute Gasteiger partial charge is 0.321 e. The molecule has 66 valence electrons. The van der Waals surface area contributed by atoms with Gasteiger partial charge >= 0.3 is 0 Å². The molecule has 1 aliphatic carbocycles. The van der Waals surface area contributed by atoms with E-state index in [1.165, 1.54) is 0 Å². The maximum atomic E-state index is 5.96. The van der Waals surface area contributed by atoms with E-state index in [0.717, 1.165) is 23.0 Å². The lowest BCUT2D eigenvalue weighted by Gasteiger charge is -2.06. The van der Waals surface area contributed by atoms with E-state index in [4.69, 9.17) is 5.73 Å². The molecule has 0 unspecified atom stereocenters. The van der Waals surface area contributed by atoms with Gasteiger partial charge in [0.1, 0.15) is 4.60 Å². The van der Waals surface area contributed by atoms with Gasteiger partial charge in [-0.15, -0.1) is 12.4 Å². The number of aromatic nitrogens is 1. The fourth-order valence-electron chi connectivity index (χ4n) is 1.09. The van der Waals surface area contributed by atoms with Crippen molar-refractivity contribution in [2.45, 2.75) is 18.4 Å². The van der Waals surface area contributed by atoms with E-state index in [1.807, 2.05) is 18.3 Å². The second-order valence-corrected chi connectivity index (χ2v) is 3.84. The Morgan fingerprint density at radius 3 is 2.50 bits per heavy atom. The summed E-state index contributed by atoms with van der Waals surface area (Å²) < 4.78 is 0.866. The number of rotatable bonds is 1. The van der Waals surface area contributed by atoms with Crippen LogP contribution in [0.25, 0.3) is 0 Å². The normalized spacial score (nSPS) is 18.2. The van der Waals surface area contributed by atoms with Gasteiger partial charge in [0.2, 0.25) is 0 Å². The van der Waals surface area contributed by atoms with Gasteiger partial charge in [-0.1, -0.05) is 6.07 Å². The van der Waals surface area contributed by atoms with Crippen LogP contribution in [0.3, 0.4) is 0 Å². The molecule has 1 saturated carbocycles. The molecule has 0 aliphatic heterocycles. The third kappa shape index (κ3) is 1.79. The summed E-state index contributed by atoms with van der Waals surface area (Å²) in [7, 11) is 0. The van der Waals surface area contributed by atoms with Crippen LogP contribution in [0, 0.1) is 0 Å². The summed E-state index contributed by atoms with van der Waals surface area (Å²) in [4.78, 5) is 4.12. The fraction of sp³-hybridized carbons (Fsp3) is 0.375. The van der Waals surface area contributed by atoms with Crippen LogP contribution in [0.4, 0.5) is 0 Å². The Balaban J connectivity index is 0.000000720. The van der Waals surface area contributed by atoms with Gasteiger partial charge in [-0.3, -0.25) is 0 Å². The van der Waals surface area contributed by atoms with Gasteiger partial charge in [-0.05, 0) is 40.4 Å². The minimum Gasteiger partial charge on any atom is -0.321 e. The predicted octanol–water partition coefficient (Wildman–Crippen LogP) is 2.21. The van der Waals surface area contributed by atoms with Crippen molar-refractivity contribution in [2.75, 3.05) is 0 Å². The van der Waals surface area contributed by atoms with Gasteiger partial charge in [-0.25, -0.2) is 4.98 Å². The van der Waals surface area contributed by atoms with Crippen LogP contribution < -0.4 is 5.73 Å². The molecule has 0 radical (unpaired) electrons. The van der Waals surface area contributed by atoms with Crippen LogP contribution in [0.5, 0.6) is 0 Å². The van der Waals surface area contributed by atoms with Gasteiger partial charge < -0.3 is 5.73 Å². The zero-order valence-electron chi connectivity index (χ0n) is 6.46. The number of pyridine rings is 1. The molecule has 2 rings (SSSR count). The summed E-state index contributed by atoms with van der Waals surface area (Å²) in [5.41, 5.74) is 7.07. The molecule has 0 saturated heterocycles. The summed E-state index contributed by atoms with van der Waals surface area (Å²) in [5.74, 6) is 0. The highest BCUT2D eigenvalue weighted by molar-refractivity contribution is 9.10. The van der Waals surface area contributed by atoms with E-state index >= 15 is 0 Å². The third-order valence-corrected chi connectivity index (χ3v) is 2.56. The van der Waals surface area contributed by atoms with E-state index in [2.05, 4.69) is 20.9 Å². The lowest BCUT2D eigenvalue weighted by molar-refractivity contribution is 0.734. The Bertz CT molecular complexity index is 269. The first kappa shape index (κ1) is 9.96. The Morgan fingerprint density at radius 2 is 2.08 bits per heavy atom. The van der Waals surface area contributed by atoms with Crippen LogP contribution in [-0.2, 0) is 5.54 Å². The number of hydrogen-bond donors (Lipinski definition) is 1. The van der Waals surface area contributed by atoms with Crippen molar-refractivity contribution in [3.05, 3.63) is 28.5 Å². The van der Waals surface area contributed by atoms with E-state index in [-0.39, 0.29) is 17.9 Å². The highest BCUT2D eigenvalue weighted by Gasteiger charge is 2.40. The van der Waals surface area contributed by atoms with Crippen LogP contribution >= 0.6 is 28.3 Å². The quantitative estimate of drug-likeness (QED) is 0.775. The smallest absolute Gasteiger partial charge is 0.106 e. The third-order valence-electron chi connectivity index (χ3n) is 2.09. The Hall–Kier alpha value is -0.120. The minimum absolute atomic E-state index is 0. The van der Waals surface area contributed by atoms with Gasteiger partial charge in [0, 0.05) is 11.7 Å². The van der Waals surface area contributed by atoms with Crippen molar-refractivity contribution in [3.63, 3.8) is 0 Å². The summed E-state index contributed by atoms with van der Waals surface area (Å²) in [6.07, 6.45) is 4.03. The molecule has 1 fully saturated rings. The van der Waals surface area contributed by atoms with Gasteiger partial charge in [-0.2, -0.15) is 0 Å².